The summed E-state index contributed by atoms with van der Waals surface area (Å²) in [6.07, 6.45) is 0. The highest BCUT2D eigenvalue weighted by molar-refractivity contribution is 7.99. The highest BCUT2D eigenvalue weighted by atomic mass is 32.2. The number of para-hydroxylation sites is 2. The first-order valence-corrected chi connectivity index (χ1v) is 6.33. The summed E-state index contributed by atoms with van der Waals surface area (Å²) in [5.41, 5.74) is 2.66. The van der Waals surface area contributed by atoms with Gasteiger partial charge in [-0.2, -0.15) is 0 Å². The average Bonchev–Trinajstić information content (AvgIpc) is 2.34. The molecule has 3 rings (SSSR count). The zero-order chi connectivity index (χ0) is 13.9. The third kappa shape index (κ3) is 4.29. The molecule has 2 aromatic rings. The fraction of sp³-hybridized carbons (Fsp3) is 0. The molecule has 19 heavy (non-hydrogen) atoms. The van der Waals surface area contributed by atoms with Crippen molar-refractivity contribution in [2.24, 2.45) is 0 Å². The highest BCUT2D eigenvalue weighted by Gasteiger charge is 2.20. The normalized spacial score (nSPS) is 12.8. The summed E-state index contributed by atoms with van der Waals surface area (Å²) in [4.78, 5) is 2.71. The molecule has 100 valence electrons. The van der Waals surface area contributed by atoms with Gasteiger partial charge in [-0.25, -0.2) is 0 Å². The summed E-state index contributed by atoms with van der Waals surface area (Å²) in [5, 5.41) is 2.25. The third-order valence-corrected chi connectivity index (χ3v) is 3.55. The first-order chi connectivity index (χ1) is 8.93. The van der Waals surface area contributed by atoms with Crippen molar-refractivity contribution in [3.05, 3.63) is 48.5 Å². The fourth-order valence-electron chi connectivity index (χ4n) is 1.67. The standard InChI is InChI=1S/C12H9NS.BF4/c1-3-7-11-9(5-1)13-10-6-2-4-8-12(10)14-11;2-1(3,4)5/h1-8,13H;/q;-1/p+1. The molecule has 1 aliphatic heterocycles. The van der Waals surface area contributed by atoms with Gasteiger partial charge < -0.3 is 17.3 Å². The molecule has 2 N–H and O–H groups in total. The number of nitrogens with two attached hydrogens (primary N) is 1. The molecule has 0 atom stereocenters. The van der Waals surface area contributed by atoms with E-state index in [9.17, 15) is 17.3 Å². The quantitative estimate of drug-likeness (QED) is 0.376. The maximum Gasteiger partial charge on any atom is 0.673 e. The predicted molar refractivity (Wildman–Crippen MR) is 68.4 cm³/mol. The Labute approximate surface area is 112 Å². The van der Waals surface area contributed by atoms with Crippen LogP contribution >= 0.6 is 11.8 Å². The second-order valence-corrected chi connectivity index (χ2v) is 4.90. The molecule has 1 nitrogen and oxygen atoms in total. The summed E-state index contributed by atoms with van der Waals surface area (Å²) in [7, 11) is -6.00. The minimum Gasteiger partial charge on any atom is -0.418 e. The molecule has 0 spiro atoms. The minimum atomic E-state index is -6.00. The van der Waals surface area contributed by atoms with Gasteiger partial charge in [0.05, 0.1) is 9.79 Å². The molecule has 7 heteroatoms. The third-order valence-electron chi connectivity index (χ3n) is 2.37. The molecule has 2 aromatic carbocycles. The van der Waals surface area contributed by atoms with Crippen LogP contribution in [0.25, 0.3) is 0 Å². The van der Waals surface area contributed by atoms with E-state index in [1.165, 1.54) is 21.2 Å². The SMILES string of the molecule is F[B-](F)(F)F.c1ccc2c(c1)[NH2+]c1ccccc1S2. The molecule has 0 bridgehead atoms. The maximum atomic E-state index is 9.75. The molecule has 0 unspecified atom stereocenters. The number of fused-ring (bicyclic) bond motifs is 2. The van der Waals surface area contributed by atoms with Crippen molar-refractivity contribution in [3.63, 3.8) is 0 Å². The van der Waals surface area contributed by atoms with Crippen molar-refractivity contribution in [2.45, 2.75) is 9.79 Å². The van der Waals surface area contributed by atoms with Crippen LogP contribution in [0.15, 0.2) is 58.3 Å². The smallest absolute Gasteiger partial charge is 0.418 e. The summed E-state index contributed by atoms with van der Waals surface area (Å²) < 4.78 is 39.0. The van der Waals surface area contributed by atoms with Gasteiger partial charge >= 0.3 is 7.25 Å². The Morgan fingerprint density at radius 3 is 1.53 bits per heavy atom. The van der Waals surface area contributed by atoms with E-state index in [0.29, 0.717) is 0 Å². The molecular weight excluding hydrogens is 277 g/mol. The number of benzene rings is 2. The van der Waals surface area contributed by atoms with Gasteiger partial charge in [0, 0.05) is 12.1 Å². The van der Waals surface area contributed by atoms with Crippen LogP contribution < -0.4 is 5.32 Å². The van der Waals surface area contributed by atoms with Gasteiger partial charge in [0.2, 0.25) is 0 Å². The van der Waals surface area contributed by atoms with Crippen molar-refractivity contribution in [1.29, 1.82) is 0 Å². The van der Waals surface area contributed by atoms with Crippen molar-refractivity contribution in [2.75, 3.05) is 0 Å². The van der Waals surface area contributed by atoms with Crippen LogP contribution in [0.1, 0.15) is 0 Å². The molecule has 0 aliphatic carbocycles. The van der Waals surface area contributed by atoms with Crippen molar-refractivity contribution < 1.29 is 22.6 Å². The monoisotopic (exact) mass is 287 g/mol. The Hall–Kier alpha value is -1.47. The van der Waals surface area contributed by atoms with E-state index in [4.69, 9.17) is 0 Å². The van der Waals surface area contributed by atoms with Gasteiger partial charge in [-0.05, 0) is 12.1 Å². The Morgan fingerprint density at radius 2 is 1.11 bits per heavy atom. The lowest BCUT2D eigenvalue weighted by Gasteiger charge is -2.14. The second-order valence-electron chi connectivity index (χ2n) is 3.82. The van der Waals surface area contributed by atoms with Crippen molar-refractivity contribution in [1.82, 2.24) is 0 Å². The zero-order valence-electron chi connectivity index (χ0n) is 9.69. The predicted octanol–water partition coefficient (Wildman–Crippen LogP) is 3.98. The van der Waals surface area contributed by atoms with Crippen LogP contribution in [0, 0.1) is 0 Å². The number of quaternary nitrogens is 1. The molecule has 0 fully saturated rings. The zero-order valence-corrected chi connectivity index (χ0v) is 10.5. The van der Waals surface area contributed by atoms with E-state index < -0.39 is 7.25 Å². The Bertz CT molecular complexity index is 480. The fourth-order valence-corrected chi connectivity index (χ4v) is 2.69. The lowest BCUT2D eigenvalue weighted by Crippen LogP contribution is -2.72. The largest absolute Gasteiger partial charge is 0.673 e. The maximum absolute atomic E-state index is 9.75. The average molecular weight is 287 g/mol. The molecule has 0 saturated heterocycles. The Kier molecular flexibility index (Phi) is 4.16. The molecule has 0 amide bonds. The molecule has 0 saturated carbocycles. The van der Waals surface area contributed by atoms with Gasteiger partial charge in [0.25, 0.3) is 0 Å². The number of hydrogen-bond donors (Lipinski definition) is 1. The van der Waals surface area contributed by atoms with Crippen LogP contribution in [0.3, 0.4) is 0 Å². The van der Waals surface area contributed by atoms with Crippen LogP contribution in [-0.4, -0.2) is 7.25 Å². The molecule has 0 radical (unpaired) electrons. The van der Waals surface area contributed by atoms with Gasteiger partial charge in [0.15, 0.2) is 0 Å². The van der Waals surface area contributed by atoms with Crippen molar-refractivity contribution >= 4 is 30.4 Å². The van der Waals surface area contributed by atoms with Gasteiger partial charge in [-0.3, -0.25) is 5.32 Å². The molecule has 1 aliphatic rings. The van der Waals surface area contributed by atoms with Gasteiger partial charge in [-0.15, -0.1) is 0 Å². The van der Waals surface area contributed by atoms with E-state index in [-0.39, 0.29) is 0 Å². The Morgan fingerprint density at radius 1 is 0.737 bits per heavy atom. The molecule has 0 aromatic heterocycles. The number of hydrogen-bond acceptors (Lipinski definition) is 1. The van der Waals surface area contributed by atoms with E-state index in [1.54, 1.807) is 0 Å². The minimum absolute atomic E-state index is 1.33. The van der Waals surface area contributed by atoms with E-state index in [1.807, 2.05) is 11.8 Å². The topological polar surface area (TPSA) is 16.6 Å². The number of rotatable bonds is 0. The summed E-state index contributed by atoms with van der Waals surface area (Å²) in [6, 6.07) is 17.0. The highest BCUT2D eigenvalue weighted by Crippen LogP contribution is 2.37. The van der Waals surface area contributed by atoms with Crippen molar-refractivity contribution in [3.8, 4) is 0 Å². The van der Waals surface area contributed by atoms with Crippen LogP contribution in [0.2, 0.25) is 0 Å². The number of halogens is 4. The lowest BCUT2D eigenvalue weighted by molar-refractivity contribution is -0.485. The second kappa shape index (κ2) is 5.67. The summed E-state index contributed by atoms with van der Waals surface area (Å²) in [5.74, 6) is 0. The van der Waals surface area contributed by atoms with E-state index >= 15 is 0 Å². The van der Waals surface area contributed by atoms with E-state index in [0.717, 1.165) is 0 Å². The van der Waals surface area contributed by atoms with Crippen LogP contribution in [0.5, 0.6) is 0 Å². The summed E-state index contributed by atoms with van der Waals surface area (Å²) in [6.45, 7) is 0. The lowest BCUT2D eigenvalue weighted by atomic mass is 10.2. The van der Waals surface area contributed by atoms with E-state index in [2.05, 4.69) is 53.8 Å². The van der Waals surface area contributed by atoms with Crippen LogP contribution in [0.4, 0.5) is 28.6 Å². The first kappa shape index (κ1) is 14.0. The summed E-state index contributed by atoms with van der Waals surface area (Å²) >= 11 is 1.85. The van der Waals surface area contributed by atoms with Gasteiger partial charge in [-0.1, -0.05) is 36.0 Å². The Balaban J connectivity index is 0.000000232. The van der Waals surface area contributed by atoms with Crippen LogP contribution in [-0.2, 0) is 0 Å². The first-order valence-electron chi connectivity index (χ1n) is 5.51. The van der Waals surface area contributed by atoms with Gasteiger partial charge in [0.1, 0.15) is 11.4 Å². The molecular formula is C12H10BF4NS. The molecule has 1 heterocycles.